The number of carbonyl (C=O) groups is 1. The zero-order valence-electron chi connectivity index (χ0n) is 9.65. The Hall–Kier alpha value is -0.820. The first-order chi connectivity index (χ1) is 8.11. The SMILES string of the molecule is CCC(=O)NC[C@H](O)COc1ccc(I)cc1. The van der Waals surface area contributed by atoms with Crippen LogP contribution in [0.1, 0.15) is 13.3 Å². The Morgan fingerprint density at radius 1 is 1.47 bits per heavy atom. The van der Waals surface area contributed by atoms with E-state index in [2.05, 4.69) is 27.9 Å². The number of hydrogen-bond donors (Lipinski definition) is 2. The Kier molecular flexibility index (Phi) is 6.28. The second-order valence-corrected chi connectivity index (χ2v) is 4.82. The number of ether oxygens (including phenoxy) is 1. The van der Waals surface area contributed by atoms with Crippen molar-refractivity contribution in [1.29, 1.82) is 0 Å². The van der Waals surface area contributed by atoms with Crippen LogP contribution >= 0.6 is 22.6 Å². The van der Waals surface area contributed by atoms with Crippen molar-refractivity contribution >= 4 is 28.5 Å². The number of carbonyl (C=O) groups excluding carboxylic acids is 1. The Bertz CT molecular complexity index is 353. The van der Waals surface area contributed by atoms with E-state index in [-0.39, 0.29) is 19.1 Å². The van der Waals surface area contributed by atoms with Crippen molar-refractivity contribution < 1.29 is 14.6 Å². The summed E-state index contributed by atoms with van der Waals surface area (Å²) in [4.78, 5) is 11.0. The van der Waals surface area contributed by atoms with Crippen molar-refractivity contribution in [3.8, 4) is 5.75 Å². The number of rotatable bonds is 6. The van der Waals surface area contributed by atoms with Gasteiger partial charge < -0.3 is 15.2 Å². The van der Waals surface area contributed by atoms with E-state index in [1.165, 1.54) is 0 Å². The topological polar surface area (TPSA) is 58.6 Å². The molecule has 0 saturated carbocycles. The van der Waals surface area contributed by atoms with E-state index < -0.39 is 6.10 Å². The predicted octanol–water partition coefficient (Wildman–Crippen LogP) is 1.56. The average Bonchev–Trinajstić information content (AvgIpc) is 2.35. The molecule has 1 aromatic rings. The summed E-state index contributed by atoms with van der Waals surface area (Å²) in [6.07, 6.45) is -0.269. The zero-order chi connectivity index (χ0) is 12.7. The van der Waals surface area contributed by atoms with Crippen LogP contribution < -0.4 is 10.1 Å². The smallest absolute Gasteiger partial charge is 0.219 e. The highest BCUT2D eigenvalue weighted by molar-refractivity contribution is 14.1. The minimum absolute atomic E-state index is 0.0710. The number of aliphatic hydroxyl groups excluding tert-OH is 1. The molecule has 0 spiro atoms. The third-order valence-corrected chi connectivity index (χ3v) is 2.83. The van der Waals surface area contributed by atoms with Crippen molar-refractivity contribution in [3.63, 3.8) is 0 Å². The van der Waals surface area contributed by atoms with Gasteiger partial charge in [0.05, 0.1) is 0 Å². The maximum Gasteiger partial charge on any atom is 0.219 e. The van der Waals surface area contributed by atoms with Crippen molar-refractivity contribution in [3.05, 3.63) is 27.8 Å². The van der Waals surface area contributed by atoms with Gasteiger partial charge in [0.2, 0.25) is 5.91 Å². The average molecular weight is 349 g/mol. The molecule has 0 bridgehead atoms. The minimum Gasteiger partial charge on any atom is -0.491 e. The van der Waals surface area contributed by atoms with Gasteiger partial charge in [-0.15, -0.1) is 0 Å². The highest BCUT2D eigenvalue weighted by atomic mass is 127. The van der Waals surface area contributed by atoms with Crippen LogP contribution in [-0.4, -0.2) is 30.3 Å². The largest absolute Gasteiger partial charge is 0.491 e. The highest BCUT2D eigenvalue weighted by Crippen LogP contribution is 2.13. The van der Waals surface area contributed by atoms with Crippen LogP contribution in [0.15, 0.2) is 24.3 Å². The lowest BCUT2D eigenvalue weighted by Gasteiger charge is -2.13. The fourth-order valence-corrected chi connectivity index (χ4v) is 1.50. The molecule has 0 fully saturated rings. The Labute approximate surface area is 115 Å². The molecule has 2 N–H and O–H groups in total. The molecule has 0 unspecified atom stereocenters. The van der Waals surface area contributed by atoms with Crippen LogP contribution in [0.25, 0.3) is 0 Å². The summed E-state index contributed by atoms with van der Waals surface area (Å²) in [5.41, 5.74) is 0. The van der Waals surface area contributed by atoms with E-state index in [0.717, 1.165) is 3.57 Å². The molecule has 0 aliphatic rings. The van der Waals surface area contributed by atoms with Gasteiger partial charge in [-0.25, -0.2) is 0 Å². The zero-order valence-corrected chi connectivity index (χ0v) is 11.8. The van der Waals surface area contributed by atoms with Crippen LogP contribution in [0, 0.1) is 3.57 Å². The number of hydrogen-bond acceptors (Lipinski definition) is 3. The van der Waals surface area contributed by atoms with Crippen molar-refractivity contribution in [2.45, 2.75) is 19.4 Å². The summed E-state index contributed by atoms with van der Waals surface area (Å²) in [6, 6.07) is 7.56. The molecule has 94 valence electrons. The van der Waals surface area contributed by atoms with Crippen LogP contribution in [0.5, 0.6) is 5.75 Å². The molecule has 1 rings (SSSR count). The maximum absolute atomic E-state index is 11.0. The van der Waals surface area contributed by atoms with E-state index in [1.807, 2.05) is 24.3 Å². The third-order valence-electron chi connectivity index (χ3n) is 2.11. The van der Waals surface area contributed by atoms with E-state index in [1.54, 1.807) is 6.92 Å². The lowest BCUT2D eigenvalue weighted by atomic mass is 10.3. The fourth-order valence-electron chi connectivity index (χ4n) is 1.14. The van der Waals surface area contributed by atoms with E-state index >= 15 is 0 Å². The number of halogens is 1. The molecule has 5 heteroatoms. The summed E-state index contributed by atoms with van der Waals surface area (Å²) in [5, 5.41) is 12.2. The quantitative estimate of drug-likeness (QED) is 0.767. The minimum atomic E-state index is -0.690. The van der Waals surface area contributed by atoms with E-state index in [9.17, 15) is 9.90 Å². The highest BCUT2D eigenvalue weighted by Gasteiger charge is 2.06. The summed E-state index contributed by atoms with van der Waals surface area (Å²) in [6.45, 7) is 2.16. The summed E-state index contributed by atoms with van der Waals surface area (Å²) in [7, 11) is 0. The van der Waals surface area contributed by atoms with Crippen molar-refractivity contribution in [1.82, 2.24) is 5.32 Å². The van der Waals surface area contributed by atoms with E-state index in [0.29, 0.717) is 12.2 Å². The second kappa shape index (κ2) is 7.50. The van der Waals surface area contributed by atoms with Gasteiger partial charge in [-0.05, 0) is 46.9 Å². The van der Waals surface area contributed by atoms with Gasteiger partial charge in [-0.2, -0.15) is 0 Å². The van der Waals surface area contributed by atoms with Crippen LogP contribution in [0.2, 0.25) is 0 Å². The monoisotopic (exact) mass is 349 g/mol. The summed E-state index contributed by atoms with van der Waals surface area (Å²) in [5.74, 6) is 0.643. The first kappa shape index (κ1) is 14.2. The molecule has 0 aliphatic heterocycles. The molecule has 0 saturated heterocycles. The molecular formula is C12H16INO3. The first-order valence-electron chi connectivity index (χ1n) is 5.45. The van der Waals surface area contributed by atoms with Gasteiger partial charge in [0, 0.05) is 16.5 Å². The Morgan fingerprint density at radius 2 is 2.12 bits per heavy atom. The van der Waals surface area contributed by atoms with Gasteiger partial charge in [-0.3, -0.25) is 4.79 Å². The molecule has 17 heavy (non-hydrogen) atoms. The molecule has 0 aliphatic carbocycles. The second-order valence-electron chi connectivity index (χ2n) is 3.58. The molecule has 0 aromatic heterocycles. The molecule has 4 nitrogen and oxygen atoms in total. The number of benzene rings is 1. The lowest BCUT2D eigenvalue weighted by Crippen LogP contribution is -2.34. The van der Waals surface area contributed by atoms with E-state index in [4.69, 9.17) is 4.74 Å². The van der Waals surface area contributed by atoms with Crippen LogP contribution in [0.3, 0.4) is 0 Å². The lowest BCUT2D eigenvalue weighted by molar-refractivity contribution is -0.121. The molecule has 1 atom stereocenters. The summed E-state index contributed by atoms with van der Waals surface area (Å²) < 4.78 is 6.51. The van der Waals surface area contributed by atoms with Gasteiger partial charge in [0.15, 0.2) is 0 Å². The molecule has 0 radical (unpaired) electrons. The third kappa shape index (κ3) is 5.88. The molecule has 1 amide bonds. The molecular weight excluding hydrogens is 333 g/mol. The van der Waals surface area contributed by atoms with Gasteiger partial charge >= 0.3 is 0 Å². The Balaban J connectivity index is 2.25. The van der Waals surface area contributed by atoms with Gasteiger partial charge in [0.1, 0.15) is 18.5 Å². The Morgan fingerprint density at radius 3 is 2.71 bits per heavy atom. The van der Waals surface area contributed by atoms with Crippen molar-refractivity contribution in [2.75, 3.05) is 13.2 Å². The standard InChI is InChI=1S/C12H16INO3/c1-2-12(16)14-7-10(15)8-17-11-5-3-9(13)4-6-11/h3-6,10,15H,2,7-8H2,1H3,(H,14,16)/t10-/m0/s1. The van der Waals surface area contributed by atoms with Gasteiger partial charge in [-0.1, -0.05) is 6.92 Å². The van der Waals surface area contributed by atoms with Gasteiger partial charge in [0.25, 0.3) is 0 Å². The fraction of sp³-hybridized carbons (Fsp3) is 0.417. The molecule has 0 heterocycles. The summed E-state index contributed by atoms with van der Waals surface area (Å²) >= 11 is 2.21. The molecule has 1 aromatic carbocycles. The van der Waals surface area contributed by atoms with Crippen molar-refractivity contribution in [2.24, 2.45) is 0 Å². The normalized spacial score (nSPS) is 11.9. The number of aliphatic hydroxyl groups is 1. The predicted molar refractivity (Wildman–Crippen MR) is 74.0 cm³/mol. The van der Waals surface area contributed by atoms with Crippen LogP contribution in [0.4, 0.5) is 0 Å². The van der Waals surface area contributed by atoms with Crippen LogP contribution in [-0.2, 0) is 4.79 Å². The first-order valence-corrected chi connectivity index (χ1v) is 6.52. The number of amides is 1. The maximum atomic E-state index is 11.0. The number of nitrogens with one attached hydrogen (secondary N) is 1.